The number of aryl methyl sites for hydroxylation is 1. The van der Waals surface area contributed by atoms with Crippen molar-refractivity contribution in [3.63, 3.8) is 0 Å². The Hall–Kier alpha value is -1.55. The minimum Gasteiger partial charge on any atom is -0.496 e. The molecule has 1 N–H and O–H groups in total. The summed E-state index contributed by atoms with van der Waals surface area (Å²) in [7, 11) is 3.09. The summed E-state index contributed by atoms with van der Waals surface area (Å²) in [5, 5.41) is 3.38. The van der Waals surface area contributed by atoms with Crippen molar-refractivity contribution in [2.24, 2.45) is 5.92 Å². The summed E-state index contributed by atoms with van der Waals surface area (Å²) < 4.78 is 10.3. The van der Waals surface area contributed by atoms with Gasteiger partial charge >= 0.3 is 5.97 Å². The van der Waals surface area contributed by atoms with Crippen molar-refractivity contribution in [3.8, 4) is 5.75 Å². The second kappa shape index (κ2) is 8.03. The van der Waals surface area contributed by atoms with Gasteiger partial charge in [-0.2, -0.15) is 0 Å². The third-order valence-electron chi connectivity index (χ3n) is 3.95. The first-order valence-corrected chi connectivity index (χ1v) is 7.42. The number of esters is 1. The fourth-order valence-electron chi connectivity index (χ4n) is 2.38. The first kappa shape index (κ1) is 17.5. The molecular formula is C17H27NO3. The largest absolute Gasteiger partial charge is 0.496 e. The van der Waals surface area contributed by atoms with E-state index in [1.54, 1.807) is 7.11 Å². The summed E-state index contributed by atoms with van der Waals surface area (Å²) in [6.45, 7) is 8.20. The highest BCUT2D eigenvalue weighted by atomic mass is 16.5. The maximum absolute atomic E-state index is 12.0. The Labute approximate surface area is 127 Å². The molecule has 0 saturated heterocycles. The number of methoxy groups -OCH3 is 2. The van der Waals surface area contributed by atoms with Crippen LogP contribution in [0.5, 0.6) is 5.75 Å². The van der Waals surface area contributed by atoms with Gasteiger partial charge in [0.2, 0.25) is 0 Å². The van der Waals surface area contributed by atoms with Crippen LogP contribution in [-0.4, -0.2) is 26.2 Å². The lowest BCUT2D eigenvalue weighted by atomic mass is 9.96. The van der Waals surface area contributed by atoms with Crippen molar-refractivity contribution in [1.82, 2.24) is 5.32 Å². The molecule has 4 heteroatoms. The van der Waals surface area contributed by atoms with Gasteiger partial charge in [0.1, 0.15) is 11.8 Å². The molecule has 4 nitrogen and oxygen atoms in total. The van der Waals surface area contributed by atoms with Gasteiger partial charge in [-0.05, 0) is 25.8 Å². The van der Waals surface area contributed by atoms with Crippen LogP contribution in [0.15, 0.2) is 18.2 Å². The zero-order chi connectivity index (χ0) is 16.0. The van der Waals surface area contributed by atoms with Crippen molar-refractivity contribution in [2.45, 2.75) is 46.2 Å². The van der Waals surface area contributed by atoms with E-state index >= 15 is 0 Å². The van der Waals surface area contributed by atoms with E-state index in [9.17, 15) is 4.79 Å². The fraction of sp³-hybridized carbons (Fsp3) is 0.588. The van der Waals surface area contributed by atoms with E-state index < -0.39 is 0 Å². The molecule has 0 radical (unpaired) electrons. The lowest BCUT2D eigenvalue weighted by Gasteiger charge is -2.27. The van der Waals surface area contributed by atoms with Gasteiger partial charge in [0, 0.05) is 11.6 Å². The Bertz CT molecular complexity index is 473. The summed E-state index contributed by atoms with van der Waals surface area (Å²) in [6.07, 6.45) is 0.907. The molecule has 0 heterocycles. The Morgan fingerprint density at radius 2 is 1.95 bits per heavy atom. The van der Waals surface area contributed by atoms with Gasteiger partial charge in [-0.25, -0.2) is 0 Å². The first-order valence-electron chi connectivity index (χ1n) is 7.42. The van der Waals surface area contributed by atoms with Crippen LogP contribution >= 0.6 is 0 Å². The van der Waals surface area contributed by atoms with Crippen molar-refractivity contribution < 1.29 is 14.3 Å². The molecule has 3 atom stereocenters. The number of rotatable bonds is 7. The fourth-order valence-corrected chi connectivity index (χ4v) is 2.38. The van der Waals surface area contributed by atoms with E-state index in [1.165, 1.54) is 7.11 Å². The molecule has 0 fully saturated rings. The monoisotopic (exact) mass is 293 g/mol. The lowest BCUT2D eigenvalue weighted by molar-refractivity contribution is -0.144. The van der Waals surface area contributed by atoms with Gasteiger partial charge in [0.15, 0.2) is 0 Å². The first-order chi connectivity index (χ1) is 9.94. The van der Waals surface area contributed by atoms with E-state index in [-0.39, 0.29) is 24.0 Å². The Balaban J connectivity index is 2.98. The minimum absolute atomic E-state index is 0.00190. The topological polar surface area (TPSA) is 47.6 Å². The predicted octanol–water partition coefficient (Wildman–Crippen LogP) is 3.24. The summed E-state index contributed by atoms with van der Waals surface area (Å²) in [6, 6.07) is 5.74. The van der Waals surface area contributed by atoms with Gasteiger partial charge in [-0.3, -0.25) is 10.1 Å². The third-order valence-corrected chi connectivity index (χ3v) is 3.95. The normalized spacial score (nSPS) is 15.1. The average molecular weight is 293 g/mol. The number of hydrogen-bond acceptors (Lipinski definition) is 4. The molecule has 0 spiro atoms. The lowest BCUT2D eigenvalue weighted by Crippen LogP contribution is -2.43. The third kappa shape index (κ3) is 4.46. The average Bonchev–Trinajstić information content (AvgIpc) is 2.50. The number of carbonyl (C=O) groups is 1. The Morgan fingerprint density at radius 1 is 1.29 bits per heavy atom. The smallest absolute Gasteiger partial charge is 0.323 e. The van der Waals surface area contributed by atoms with Crippen LogP contribution in [0.1, 0.15) is 44.4 Å². The molecule has 118 valence electrons. The van der Waals surface area contributed by atoms with Crippen molar-refractivity contribution in [1.29, 1.82) is 0 Å². The second-order valence-corrected chi connectivity index (χ2v) is 5.52. The van der Waals surface area contributed by atoms with E-state index in [1.807, 2.05) is 26.0 Å². The summed E-state index contributed by atoms with van der Waals surface area (Å²) in [5.74, 6) is 0.812. The van der Waals surface area contributed by atoms with Gasteiger partial charge in [-0.1, -0.05) is 38.0 Å². The van der Waals surface area contributed by atoms with Gasteiger partial charge < -0.3 is 9.47 Å². The number of hydrogen-bond donors (Lipinski definition) is 1. The number of ether oxygens (including phenoxy) is 2. The number of carbonyl (C=O) groups excluding carboxylic acids is 1. The molecule has 0 saturated carbocycles. The second-order valence-electron chi connectivity index (χ2n) is 5.52. The molecule has 1 aromatic carbocycles. The summed E-state index contributed by atoms with van der Waals surface area (Å²) in [5.41, 5.74) is 2.22. The standard InChI is InChI=1S/C17H27NO3/c1-7-12(3)16(17(19)21-6)18-13(4)14-10-11(2)8-9-15(14)20-5/h8-10,12-13,16,18H,7H2,1-6H3. The van der Waals surface area contributed by atoms with Crippen molar-refractivity contribution in [3.05, 3.63) is 29.3 Å². The van der Waals surface area contributed by atoms with Gasteiger partial charge in [0.25, 0.3) is 0 Å². The van der Waals surface area contributed by atoms with Crippen LogP contribution in [0.2, 0.25) is 0 Å². The molecule has 0 aliphatic heterocycles. The quantitative estimate of drug-likeness (QED) is 0.784. The predicted molar refractivity (Wildman–Crippen MR) is 84.5 cm³/mol. The van der Waals surface area contributed by atoms with Gasteiger partial charge in [-0.15, -0.1) is 0 Å². The zero-order valence-corrected chi connectivity index (χ0v) is 13.9. The maximum atomic E-state index is 12.0. The summed E-state index contributed by atoms with van der Waals surface area (Å²) >= 11 is 0. The van der Waals surface area contributed by atoms with E-state index in [2.05, 4.69) is 25.2 Å². The molecule has 21 heavy (non-hydrogen) atoms. The Kier molecular flexibility index (Phi) is 6.69. The van der Waals surface area contributed by atoms with Gasteiger partial charge in [0.05, 0.1) is 14.2 Å². The molecule has 0 bridgehead atoms. The molecule has 0 amide bonds. The van der Waals surface area contributed by atoms with Crippen LogP contribution in [0, 0.1) is 12.8 Å². The highest BCUT2D eigenvalue weighted by molar-refractivity contribution is 5.76. The number of nitrogens with one attached hydrogen (secondary N) is 1. The molecule has 1 aromatic rings. The van der Waals surface area contributed by atoms with E-state index in [0.29, 0.717) is 0 Å². The molecule has 0 aliphatic carbocycles. The Morgan fingerprint density at radius 3 is 2.48 bits per heavy atom. The zero-order valence-electron chi connectivity index (χ0n) is 13.9. The highest BCUT2D eigenvalue weighted by Crippen LogP contribution is 2.27. The van der Waals surface area contributed by atoms with Crippen LogP contribution in [0.3, 0.4) is 0 Å². The molecule has 0 aliphatic rings. The van der Waals surface area contributed by atoms with Crippen LogP contribution in [0.4, 0.5) is 0 Å². The number of benzene rings is 1. The van der Waals surface area contributed by atoms with Crippen LogP contribution in [-0.2, 0) is 9.53 Å². The summed E-state index contributed by atoms with van der Waals surface area (Å²) in [4.78, 5) is 12.0. The van der Waals surface area contributed by atoms with Crippen molar-refractivity contribution >= 4 is 5.97 Å². The highest BCUT2D eigenvalue weighted by Gasteiger charge is 2.27. The van der Waals surface area contributed by atoms with E-state index in [4.69, 9.17) is 9.47 Å². The van der Waals surface area contributed by atoms with Crippen LogP contribution in [0.25, 0.3) is 0 Å². The SMILES string of the molecule is CCC(C)C(NC(C)c1cc(C)ccc1OC)C(=O)OC. The molecular weight excluding hydrogens is 266 g/mol. The molecule has 1 rings (SSSR count). The van der Waals surface area contributed by atoms with Crippen LogP contribution < -0.4 is 10.1 Å². The molecule has 3 unspecified atom stereocenters. The minimum atomic E-state index is -0.319. The molecule has 0 aromatic heterocycles. The van der Waals surface area contributed by atoms with E-state index in [0.717, 1.165) is 23.3 Å². The van der Waals surface area contributed by atoms with Crippen molar-refractivity contribution in [2.75, 3.05) is 14.2 Å². The maximum Gasteiger partial charge on any atom is 0.323 e.